The van der Waals surface area contributed by atoms with Crippen LogP contribution in [0.3, 0.4) is 0 Å². The Bertz CT molecular complexity index is 723. The van der Waals surface area contributed by atoms with Crippen molar-refractivity contribution in [2.75, 3.05) is 20.8 Å². The van der Waals surface area contributed by atoms with Gasteiger partial charge in [-0.2, -0.15) is 0 Å². The fraction of sp³-hybridized carbons (Fsp3) is 0.450. The standard InChI is InChI=1S/C20H24N2O3/c1-23-17-8-10-20(24-2,11-9-17)16-5-3-6-18(15-16)25-14-4-7-19-21-12-13-22-19/h3,5-6,12-13,15,17H,8-11,14H2,1-2H3,(H,21,22)/t17-,20-. The Hall–Kier alpha value is -2.29. The first-order chi connectivity index (χ1) is 12.3. The highest BCUT2D eigenvalue weighted by atomic mass is 16.5. The number of aromatic nitrogens is 2. The molecular formula is C20H24N2O3. The van der Waals surface area contributed by atoms with Crippen LogP contribution in [0.15, 0.2) is 36.7 Å². The van der Waals surface area contributed by atoms with Gasteiger partial charge in [0.25, 0.3) is 0 Å². The molecule has 0 unspecified atom stereocenters. The lowest BCUT2D eigenvalue weighted by Crippen LogP contribution is -2.35. The van der Waals surface area contributed by atoms with E-state index >= 15 is 0 Å². The van der Waals surface area contributed by atoms with E-state index in [4.69, 9.17) is 14.2 Å². The number of nitrogens with zero attached hydrogens (tertiary/aromatic N) is 1. The molecule has 0 atom stereocenters. The third-order valence-electron chi connectivity index (χ3n) is 4.84. The third-order valence-corrected chi connectivity index (χ3v) is 4.84. The van der Waals surface area contributed by atoms with Crippen molar-refractivity contribution in [1.29, 1.82) is 0 Å². The van der Waals surface area contributed by atoms with Crippen molar-refractivity contribution in [3.8, 4) is 17.6 Å². The van der Waals surface area contributed by atoms with Crippen LogP contribution in [0.5, 0.6) is 5.75 Å². The zero-order valence-electron chi connectivity index (χ0n) is 14.7. The number of imidazole rings is 1. The Labute approximate surface area is 148 Å². The molecule has 0 saturated heterocycles. The van der Waals surface area contributed by atoms with E-state index in [-0.39, 0.29) is 5.60 Å². The predicted octanol–water partition coefficient (Wildman–Crippen LogP) is 3.27. The van der Waals surface area contributed by atoms with Crippen molar-refractivity contribution >= 4 is 0 Å². The SMILES string of the molecule is CO[C@H]1CC[C@@](OC)(c2cccc(OCC#Cc3ncc[nH]3)c2)CC1. The lowest BCUT2D eigenvalue weighted by Gasteiger charge is -2.39. The van der Waals surface area contributed by atoms with Crippen molar-refractivity contribution in [1.82, 2.24) is 9.97 Å². The van der Waals surface area contributed by atoms with Gasteiger partial charge in [-0.3, -0.25) is 0 Å². The molecule has 1 fully saturated rings. The Morgan fingerprint density at radius 3 is 2.80 bits per heavy atom. The first-order valence-electron chi connectivity index (χ1n) is 8.55. The van der Waals surface area contributed by atoms with E-state index in [1.807, 2.05) is 12.1 Å². The second kappa shape index (κ2) is 8.19. The minimum absolute atomic E-state index is 0.256. The van der Waals surface area contributed by atoms with Crippen molar-refractivity contribution in [3.63, 3.8) is 0 Å². The Morgan fingerprint density at radius 2 is 2.12 bits per heavy atom. The number of hydrogen-bond donors (Lipinski definition) is 1. The van der Waals surface area contributed by atoms with Gasteiger partial charge in [-0.05, 0) is 49.3 Å². The fourth-order valence-electron chi connectivity index (χ4n) is 3.35. The second-order valence-corrected chi connectivity index (χ2v) is 6.19. The van der Waals surface area contributed by atoms with Crippen molar-refractivity contribution < 1.29 is 14.2 Å². The summed E-state index contributed by atoms with van der Waals surface area (Å²) in [7, 11) is 3.57. The van der Waals surface area contributed by atoms with Gasteiger partial charge < -0.3 is 19.2 Å². The molecule has 1 aliphatic rings. The average molecular weight is 340 g/mol. The molecule has 5 heteroatoms. The molecule has 0 spiro atoms. The van der Waals surface area contributed by atoms with Crippen LogP contribution in [0.25, 0.3) is 0 Å². The van der Waals surface area contributed by atoms with Crippen LogP contribution >= 0.6 is 0 Å². The van der Waals surface area contributed by atoms with Gasteiger partial charge in [-0.1, -0.05) is 18.1 Å². The number of rotatable bonds is 5. The molecule has 1 aromatic carbocycles. The summed E-state index contributed by atoms with van der Waals surface area (Å²) in [6, 6.07) is 8.12. The molecule has 0 amide bonds. The molecule has 0 bridgehead atoms. The molecule has 3 rings (SSSR count). The van der Waals surface area contributed by atoms with E-state index in [1.165, 1.54) is 0 Å². The number of benzene rings is 1. The molecule has 1 aliphatic carbocycles. The molecule has 0 radical (unpaired) electrons. The molecule has 1 N–H and O–H groups in total. The summed E-state index contributed by atoms with van der Waals surface area (Å²) < 4.78 is 17.2. The zero-order chi connectivity index (χ0) is 17.5. The summed E-state index contributed by atoms with van der Waals surface area (Å²) in [6.07, 6.45) is 7.66. The van der Waals surface area contributed by atoms with E-state index in [0.29, 0.717) is 18.5 Å². The number of aromatic amines is 1. The van der Waals surface area contributed by atoms with Gasteiger partial charge in [-0.25, -0.2) is 4.98 Å². The molecular weight excluding hydrogens is 316 g/mol. The number of nitrogens with one attached hydrogen (secondary N) is 1. The topological polar surface area (TPSA) is 56.4 Å². The summed E-state index contributed by atoms with van der Waals surface area (Å²) in [4.78, 5) is 7.00. The van der Waals surface area contributed by atoms with Crippen LogP contribution in [0.4, 0.5) is 0 Å². The molecule has 25 heavy (non-hydrogen) atoms. The third kappa shape index (κ3) is 4.22. The van der Waals surface area contributed by atoms with Crippen LogP contribution in [0, 0.1) is 11.8 Å². The van der Waals surface area contributed by atoms with E-state index < -0.39 is 0 Å². The maximum atomic E-state index is 5.94. The summed E-state index contributed by atoms with van der Waals surface area (Å²) in [5.74, 6) is 7.33. The highest BCUT2D eigenvalue weighted by molar-refractivity contribution is 5.33. The van der Waals surface area contributed by atoms with Crippen LogP contribution < -0.4 is 4.74 Å². The van der Waals surface area contributed by atoms with E-state index in [1.54, 1.807) is 26.6 Å². The summed E-state index contributed by atoms with van der Waals surface area (Å²) in [5, 5.41) is 0. The molecule has 5 nitrogen and oxygen atoms in total. The number of ether oxygens (including phenoxy) is 3. The van der Waals surface area contributed by atoms with Gasteiger partial charge in [0.2, 0.25) is 0 Å². The lowest BCUT2D eigenvalue weighted by atomic mass is 9.78. The smallest absolute Gasteiger partial charge is 0.182 e. The van der Waals surface area contributed by atoms with Gasteiger partial charge in [0.1, 0.15) is 12.4 Å². The Morgan fingerprint density at radius 1 is 1.28 bits per heavy atom. The average Bonchev–Trinajstić information content (AvgIpc) is 3.19. The first kappa shape index (κ1) is 17.5. The van der Waals surface area contributed by atoms with E-state index in [9.17, 15) is 0 Å². The predicted molar refractivity (Wildman–Crippen MR) is 95.4 cm³/mol. The van der Waals surface area contributed by atoms with E-state index in [0.717, 1.165) is 37.0 Å². The minimum atomic E-state index is -0.256. The molecule has 1 saturated carbocycles. The highest BCUT2D eigenvalue weighted by Crippen LogP contribution is 2.41. The first-order valence-corrected chi connectivity index (χ1v) is 8.55. The van der Waals surface area contributed by atoms with Crippen molar-refractivity contribution in [2.45, 2.75) is 37.4 Å². The molecule has 0 aliphatic heterocycles. The normalized spacial score (nSPS) is 22.9. The van der Waals surface area contributed by atoms with Crippen molar-refractivity contribution in [2.24, 2.45) is 0 Å². The summed E-state index contributed by atoms with van der Waals surface area (Å²) in [6.45, 7) is 0.315. The van der Waals surface area contributed by atoms with Crippen molar-refractivity contribution in [3.05, 3.63) is 48.0 Å². The summed E-state index contributed by atoms with van der Waals surface area (Å²) >= 11 is 0. The monoisotopic (exact) mass is 340 g/mol. The number of methoxy groups -OCH3 is 2. The molecule has 2 aromatic rings. The maximum absolute atomic E-state index is 5.94. The van der Waals surface area contributed by atoms with Crippen LogP contribution in [-0.2, 0) is 15.1 Å². The van der Waals surface area contributed by atoms with Gasteiger partial charge in [0, 0.05) is 26.6 Å². The van der Waals surface area contributed by atoms with Gasteiger partial charge >= 0.3 is 0 Å². The second-order valence-electron chi connectivity index (χ2n) is 6.19. The van der Waals surface area contributed by atoms with Gasteiger partial charge in [0.15, 0.2) is 5.82 Å². The van der Waals surface area contributed by atoms with E-state index in [2.05, 4.69) is 33.9 Å². The largest absolute Gasteiger partial charge is 0.481 e. The lowest BCUT2D eigenvalue weighted by molar-refractivity contribution is -0.0762. The van der Waals surface area contributed by atoms with Crippen LogP contribution in [0.1, 0.15) is 37.1 Å². The van der Waals surface area contributed by atoms with Gasteiger partial charge in [0.05, 0.1) is 11.7 Å². The molecule has 132 valence electrons. The molecule has 1 aromatic heterocycles. The van der Waals surface area contributed by atoms with Crippen LogP contribution in [-0.4, -0.2) is 36.9 Å². The Kier molecular flexibility index (Phi) is 5.75. The number of hydrogen-bond acceptors (Lipinski definition) is 4. The highest BCUT2D eigenvalue weighted by Gasteiger charge is 2.37. The maximum Gasteiger partial charge on any atom is 0.182 e. The Balaban J connectivity index is 1.66. The molecule has 1 heterocycles. The van der Waals surface area contributed by atoms with Gasteiger partial charge in [-0.15, -0.1) is 0 Å². The van der Waals surface area contributed by atoms with Crippen LogP contribution in [0.2, 0.25) is 0 Å². The zero-order valence-corrected chi connectivity index (χ0v) is 14.7. The quantitative estimate of drug-likeness (QED) is 0.849. The summed E-state index contributed by atoms with van der Waals surface area (Å²) in [5.41, 5.74) is 0.898. The minimum Gasteiger partial charge on any atom is -0.481 e. The fourth-order valence-corrected chi connectivity index (χ4v) is 3.35. The number of H-pyrrole nitrogens is 1.